The number of sulfone groups is 1. The van der Waals surface area contributed by atoms with Crippen LogP contribution in [0.4, 0.5) is 0 Å². The zero-order valence-corrected chi connectivity index (χ0v) is 13.7. The van der Waals surface area contributed by atoms with Gasteiger partial charge in [0.15, 0.2) is 4.21 Å². The van der Waals surface area contributed by atoms with Crippen LogP contribution in [0.3, 0.4) is 0 Å². The first-order valence-corrected chi connectivity index (χ1v) is 9.38. The van der Waals surface area contributed by atoms with E-state index in [1.165, 1.54) is 0 Å². The van der Waals surface area contributed by atoms with Gasteiger partial charge in [0, 0.05) is 0 Å². The molecule has 19 heavy (non-hydrogen) atoms. The molecule has 0 aliphatic heterocycles. The molecule has 0 spiro atoms. The summed E-state index contributed by atoms with van der Waals surface area (Å²) in [6.45, 7) is 5.40. The predicted molar refractivity (Wildman–Crippen MR) is 79.6 cm³/mol. The monoisotopic (exact) mass is 334 g/mol. The van der Waals surface area contributed by atoms with E-state index in [0.29, 0.717) is 11.1 Å². The number of aryl methyl sites for hydroxylation is 3. The highest BCUT2D eigenvalue weighted by molar-refractivity contribution is 7.96. The first-order valence-electron chi connectivity index (χ1n) is 5.36. The number of rotatable bonds is 2. The molecule has 7 heteroatoms. The third-order valence-electron chi connectivity index (χ3n) is 2.67. The lowest BCUT2D eigenvalue weighted by Gasteiger charge is -2.11. The number of halogens is 1. The maximum absolute atomic E-state index is 12.6. The lowest BCUT2D eigenvalue weighted by atomic mass is 10.1. The molecule has 0 unspecified atom stereocenters. The van der Waals surface area contributed by atoms with Gasteiger partial charge in [-0.1, -0.05) is 39.6 Å². The van der Waals surface area contributed by atoms with Crippen LogP contribution in [0.5, 0.6) is 0 Å². The Morgan fingerprint density at radius 3 is 2.00 bits per heavy atom. The molecule has 0 aliphatic rings. The quantitative estimate of drug-likeness (QED) is 0.789. The second kappa shape index (κ2) is 5.01. The average Bonchev–Trinajstić information content (AvgIpc) is 2.57. The predicted octanol–water partition coefficient (Wildman–Crippen LogP) is 3.58. The Hall–Kier alpha value is -0.690. The molecule has 3 nitrogen and oxygen atoms in total. The van der Waals surface area contributed by atoms with Crippen LogP contribution in [0.2, 0.25) is 5.02 Å². The van der Waals surface area contributed by atoms with Crippen molar-refractivity contribution < 1.29 is 8.42 Å². The van der Waals surface area contributed by atoms with Crippen LogP contribution in [0.1, 0.15) is 16.7 Å². The van der Waals surface area contributed by atoms with E-state index in [0.717, 1.165) is 26.2 Å². The van der Waals surface area contributed by atoms with E-state index in [2.05, 4.69) is 0 Å². The largest absolute Gasteiger partial charge is 0.275 e. The number of benzene rings is 1. The maximum atomic E-state index is 12.6. The van der Waals surface area contributed by atoms with Gasteiger partial charge in [0.05, 0.1) is 4.90 Å². The average molecular weight is 335 g/mol. The highest BCUT2D eigenvalue weighted by Crippen LogP contribution is 2.34. The van der Waals surface area contributed by atoms with Crippen molar-refractivity contribution in [1.29, 1.82) is 0 Å². The molecular weight excluding hydrogens is 324 g/mol. The Kier molecular flexibility index (Phi) is 3.88. The van der Waals surface area contributed by atoms with Gasteiger partial charge in [-0.15, -0.1) is 0 Å². The molecular formula is C12H11ClO3S3. The Morgan fingerprint density at radius 1 is 1.05 bits per heavy atom. The van der Waals surface area contributed by atoms with Gasteiger partial charge in [0.25, 0.3) is 4.74 Å². The van der Waals surface area contributed by atoms with Crippen LogP contribution in [-0.4, -0.2) is 8.42 Å². The first kappa shape index (κ1) is 14.7. The van der Waals surface area contributed by atoms with Crippen molar-refractivity contribution in [2.75, 3.05) is 0 Å². The van der Waals surface area contributed by atoms with E-state index in [1.54, 1.807) is 13.8 Å². The van der Waals surface area contributed by atoms with Gasteiger partial charge in [-0.05, 0) is 42.2 Å². The Balaban J connectivity index is 2.78. The van der Waals surface area contributed by atoms with E-state index in [1.807, 2.05) is 19.1 Å². The lowest BCUT2D eigenvalue weighted by molar-refractivity contribution is 0.597. The second-order valence-corrected chi connectivity index (χ2v) is 8.86. The van der Waals surface area contributed by atoms with Gasteiger partial charge in [0.1, 0.15) is 5.02 Å². The number of hydrogen-bond acceptors (Lipinski definition) is 5. The van der Waals surface area contributed by atoms with Crippen molar-refractivity contribution in [3.63, 3.8) is 0 Å². The maximum Gasteiger partial charge on any atom is 0.262 e. The standard InChI is InChI=1S/C12H11ClO3S3/c1-6-4-7(2)10(8(3)5-6)19(15,16)12-9(13)11(14)17-18-12/h4-5H,1-3H3. The Morgan fingerprint density at radius 2 is 1.58 bits per heavy atom. The van der Waals surface area contributed by atoms with E-state index in [4.69, 9.17) is 11.6 Å². The van der Waals surface area contributed by atoms with Crippen molar-refractivity contribution >= 4 is 42.1 Å². The summed E-state index contributed by atoms with van der Waals surface area (Å²) in [6, 6.07) is 3.62. The van der Waals surface area contributed by atoms with Gasteiger partial charge in [-0.25, -0.2) is 8.42 Å². The molecule has 0 N–H and O–H groups in total. The zero-order chi connectivity index (χ0) is 14.4. The molecule has 0 amide bonds. The highest BCUT2D eigenvalue weighted by Gasteiger charge is 2.28. The van der Waals surface area contributed by atoms with Crippen molar-refractivity contribution in [1.82, 2.24) is 0 Å². The fourth-order valence-electron chi connectivity index (χ4n) is 2.08. The number of hydrogen-bond donors (Lipinski definition) is 0. The van der Waals surface area contributed by atoms with E-state index in [-0.39, 0.29) is 14.1 Å². The van der Waals surface area contributed by atoms with Gasteiger partial charge >= 0.3 is 0 Å². The summed E-state index contributed by atoms with van der Waals surface area (Å²) in [5, 5.41) is -0.200. The van der Waals surface area contributed by atoms with Crippen LogP contribution in [0, 0.1) is 20.8 Å². The van der Waals surface area contributed by atoms with E-state index >= 15 is 0 Å². The van der Waals surface area contributed by atoms with Crippen LogP contribution in [0.15, 0.2) is 26.0 Å². The van der Waals surface area contributed by atoms with E-state index < -0.39 is 14.6 Å². The molecule has 2 rings (SSSR count). The fourth-order valence-corrected chi connectivity index (χ4v) is 7.67. The highest BCUT2D eigenvalue weighted by atomic mass is 35.5. The summed E-state index contributed by atoms with van der Waals surface area (Å²) in [5.41, 5.74) is 2.33. The topological polar surface area (TPSA) is 51.2 Å². The van der Waals surface area contributed by atoms with Crippen molar-refractivity contribution in [3.05, 3.63) is 43.4 Å². The van der Waals surface area contributed by atoms with Gasteiger partial charge < -0.3 is 0 Å². The summed E-state index contributed by atoms with van der Waals surface area (Å²) < 4.78 is 24.8. The summed E-state index contributed by atoms with van der Waals surface area (Å²) in [7, 11) is -1.98. The van der Waals surface area contributed by atoms with Gasteiger partial charge in [0.2, 0.25) is 9.84 Å². The second-order valence-electron chi connectivity index (χ2n) is 4.29. The molecule has 1 heterocycles. The summed E-state index contributed by atoms with van der Waals surface area (Å²) in [5.74, 6) is 0. The minimum atomic E-state index is -3.73. The molecule has 1 aromatic heterocycles. The molecule has 0 saturated heterocycles. The Labute approximate surface area is 123 Å². The van der Waals surface area contributed by atoms with Gasteiger partial charge in [-0.3, -0.25) is 4.79 Å². The summed E-state index contributed by atoms with van der Waals surface area (Å²) >= 11 is 5.81. The lowest BCUT2D eigenvalue weighted by Crippen LogP contribution is -2.07. The van der Waals surface area contributed by atoms with E-state index in [9.17, 15) is 13.2 Å². The molecule has 0 aliphatic carbocycles. The third-order valence-corrected chi connectivity index (χ3v) is 8.46. The van der Waals surface area contributed by atoms with Crippen LogP contribution in [-0.2, 0) is 9.84 Å². The molecule has 0 atom stereocenters. The zero-order valence-electron chi connectivity index (χ0n) is 10.5. The van der Waals surface area contributed by atoms with Gasteiger partial charge in [-0.2, -0.15) is 0 Å². The van der Waals surface area contributed by atoms with Crippen LogP contribution in [0.25, 0.3) is 0 Å². The van der Waals surface area contributed by atoms with Crippen molar-refractivity contribution in [3.8, 4) is 0 Å². The molecule has 0 fully saturated rings. The summed E-state index contributed by atoms with van der Waals surface area (Å²) in [6.07, 6.45) is 0. The molecule has 2 aromatic rings. The Bertz CT molecular complexity index is 777. The van der Waals surface area contributed by atoms with Crippen LogP contribution >= 0.6 is 32.3 Å². The SMILES string of the molecule is Cc1cc(C)c(S(=O)(=O)c2ssc(=O)c2Cl)c(C)c1. The minimum Gasteiger partial charge on any atom is -0.275 e. The molecule has 1 aromatic carbocycles. The molecule has 0 radical (unpaired) electrons. The minimum absolute atomic E-state index is 0.0563. The molecule has 102 valence electrons. The van der Waals surface area contributed by atoms with Crippen molar-refractivity contribution in [2.24, 2.45) is 0 Å². The smallest absolute Gasteiger partial charge is 0.262 e. The molecule has 0 saturated carbocycles. The van der Waals surface area contributed by atoms with Crippen molar-refractivity contribution in [2.45, 2.75) is 29.9 Å². The normalized spacial score (nSPS) is 11.8. The fraction of sp³-hybridized carbons (Fsp3) is 0.250. The third kappa shape index (κ3) is 2.50. The first-order chi connectivity index (χ1) is 8.75. The van der Waals surface area contributed by atoms with Crippen LogP contribution < -0.4 is 4.74 Å². The summed E-state index contributed by atoms with van der Waals surface area (Å²) in [4.78, 5) is 11.6. The molecule has 0 bridgehead atoms.